The Kier molecular flexibility index (Phi) is 3.99. The SMILES string of the molecule is CC1(c2ccccc2)NC(=O)N(NC(=O)c2ccc(Cl)cc2)C1=O. The van der Waals surface area contributed by atoms with Gasteiger partial charge in [-0.2, -0.15) is 5.01 Å². The quantitative estimate of drug-likeness (QED) is 0.840. The number of urea groups is 1. The van der Waals surface area contributed by atoms with Crippen molar-refractivity contribution in [2.75, 3.05) is 0 Å². The second-order valence-electron chi connectivity index (χ2n) is 5.51. The summed E-state index contributed by atoms with van der Waals surface area (Å²) < 4.78 is 0. The molecular formula is C17H14ClN3O3. The molecule has 7 heteroatoms. The van der Waals surface area contributed by atoms with Gasteiger partial charge in [-0.15, -0.1) is 0 Å². The third-order valence-electron chi connectivity index (χ3n) is 3.86. The Morgan fingerprint density at radius 3 is 2.33 bits per heavy atom. The van der Waals surface area contributed by atoms with Crippen LogP contribution in [0, 0.1) is 0 Å². The maximum atomic E-state index is 12.7. The molecule has 3 rings (SSSR count). The molecule has 0 spiro atoms. The summed E-state index contributed by atoms with van der Waals surface area (Å²) in [6, 6.07) is 14.3. The monoisotopic (exact) mass is 343 g/mol. The summed E-state index contributed by atoms with van der Waals surface area (Å²) in [5, 5.41) is 3.80. The van der Waals surface area contributed by atoms with Gasteiger partial charge in [0.2, 0.25) is 0 Å². The van der Waals surface area contributed by atoms with E-state index in [0.717, 1.165) is 0 Å². The van der Waals surface area contributed by atoms with E-state index in [2.05, 4.69) is 10.7 Å². The first kappa shape index (κ1) is 16.0. The van der Waals surface area contributed by atoms with Crippen LogP contribution in [0.5, 0.6) is 0 Å². The van der Waals surface area contributed by atoms with E-state index >= 15 is 0 Å². The first-order valence-corrected chi connectivity index (χ1v) is 7.58. The number of hydrazine groups is 1. The van der Waals surface area contributed by atoms with Gasteiger partial charge in [-0.1, -0.05) is 41.9 Å². The number of nitrogens with zero attached hydrogens (tertiary/aromatic N) is 1. The van der Waals surface area contributed by atoms with Crippen LogP contribution in [0.4, 0.5) is 4.79 Å². The molecule has 6 nitrogen and oxygen atoms in total. The Hall–Kier alpha value is -2.86. The van der Waals surface area contributed by atoms with Gasteiger partial charge < -0.3 is 5.32 Å². The zero-order valence-electron chi connectivity index (χ0n) is 12.7. The number of rotatable bonds is 3. The van der Waals surface area contributed by atoms with E-state index in [1.54, 1.807) is 43.3 Å². The van der Waals surface area contributed by atoms with Crippen molar-refractivity contribution in [3.05, 3.63) is 70.7 Å². The normalized spacial score (nSPS) is 20.0. The van der Waals surface area contributed by atoms with Crippen LogP contribution in [0.25, 0.3) is 0 Å². The van der Waals surface area contributed by atoms with Crippen molar-refractivity contribution in [1.82, 2.24) is 15.8 Å². The molecule has 1 aliphatic heterocycles. The highest BCUT2D eigenvalue weighted by Crippen LogP contribution is 2.27. The largest absolute Gasteiger partial charge is 0.344 e. The average Bonchev–Trinajstić information content (AvgIpc) is 2.80. The minimum absolute atomic E-state index is 0.285. The van der Waals surface area contributed by atoms with Crippen LogP contribution in [0.2, 0.25) is 5.02 Å². The fourth-order valence-corrected chi connectivity index (χ4v) is 2.60. The minimum Gasteiger partial charge on any atom is -0.318 e. The van der Waals surface area contributed by atoms with Gasteiger partial charge in [0, 0.05) is 10.6 Å². The molecule has 4 amide bonds. The average molecular weight is 344 g/mol. The van der Waals surface area contributed by atoms with Crippen molar-refractivity contribution in [1.29, 1.82) is 0 Å². The molecule has 1 heterocycles. The number of imide groups is 1. The Labute approximate surface area is 143 Å². The van der Waals surface area contributed by atoms with E-state index in [-0.39, 0.29) is 5.56 Å². The third-order valence-corrected chi connectivity index (χ3v) is 4.11. The van der Waals surface area contributed by atoms with Gasteiger partial charge in [0.05, 0.1) is 0 Å². The highest BCUT2D eigenvalue weighted by Gasteiger charge is 2.49. The van der Waals surface area contributed by atoms with Gasteiger partial charge in [-0.3, -0.25) is 15.0 Å². The lowest BCUT2D eigenvalue weighted by Gasteiger charge is -2.22. The molecule has 0 saturated carbocycles. The van der Waals surface area contributed by atoms with Crippen molar-refractivity contribution in [2.24, 2.45) is 0 Å². The lowest BCUT2D eigenvalue weighted by atomic mass is 9.92. The van der Waals surface area contributed by atoms with Gasteiger partial charge in [0.1, 0.15) is 5.54 Å². The summed E-state index contributed by atoms with van der Waals surface area (Å²) in [5.74, 6) is -1.13. The molecular weight excluding hydrogens is 330 g/mol. The summed E-state index contributed by atoms with van der Waals surface area (Å²) in [4.78, 5) is 37.0. The lowest BCUT2D eigenvalue weighted by molar-refractivity contribution is -0.132. The fraction of sp³-hybridized carbons (Fsp3) is 0.118. The Morgan fingerprint density at radius 1 is 1.08 bits per heavy atom. The molecule has 2 N–H and O–H groups in total. The fourth-order valence-electron chi connectivity index (χ4n) is 2.48. The number of amides is 4. The van der Waals surface area contributed by atoms with E-state index in [1.807, 2.05) is 6.07 Å². The molecule has 122 valence electrons. The van der Waals surface area contributed by atoms with Crippen LogP contribution < -0.4 is 10.7 Å². The first-order chi connectivity index (χ1) is 11.4. The van der Waals surface area contributed by atoms with Crippen molar-refractivity contribution >= 4 is 29.4 Å². The summed E-state index contributed by atoms with van der Waals surface area (Å²) in [6.07, 6.45) is 0. The summed E-state index contributed by atoms with van der Waals surface area (Å²) in [6.45, 7) is 1.59. The minimum atomic E-state index is -1.23. The number of halogens is 1. The second kappa shape index (κ2) is 5.98. The molecule has 0 aliphatic carbocycles. The zero-order valence-corrected chi connectivity index (χ0v) is 13.5. The van der Waals surface area contributed by atoms with Gasteiger partial charge >= 0.3 is 6.03 Å². The predicted octanol–water partition coefficient (Wildman–Crippen LogP) is 2.45. The highest BCUT2D eigenvalue weighted by molar-refractivity contribution is 6.30. The van der Waals surface area contributed by atoms with Crippen molar-refractivity contribution in [3.8, 4) is 0 Å². The Balaban J connectivity index is 1.82. The Morgan fingerprint density at radius 2 is 1.71 bits per heavy atom. The number of carbonyl (C=O) groups is 3. The van der Waals surface area contributed by atoms with Crippen LogP contribution >= 0.6 is 11.6 Å². The molecule has 1 fully saturated rings. The number of hydrogen-bond donors (Lipinski definition) is 2. The van der Waals surface area contributed by atoms with Crippen molar-refractivity contribution in [3.63, 3.8) is 0 Å². The topological polar surface area (TPSA) is 78.5 Å². The molecule has 2 aromatic rings. The standard InChI is InChI=1S/C17H14ClN3O3/c1-17(12-5-3-2-4-6-12)15(23)21(16(24)19-17)20-14(22)11-7-9-13(18)10-8-11/h2-10H,1H3,(H,19,24)(H,20,22). The number of hydrogen-bond acceptors (Lipinski definition) is 3. The van der Waals surface area contributed by atoms with Crippen molar-refractivity contribution in [2.45, 2.75) is 12.5 Å². The molecule has 1 atom stereocenters. The van der Waals surface area contributed by atoms with Crippen LogP contribution in [0.3, 0.4) is 0 Å². The molecule has 24 heavy (non-hydrogen) atoms. The molecule has 1 unspecified atom stereocenters. The molecule has 1 aliphatic rings. The lowest BCUT2D eigenvalue weighted by Crippen LogP contribution is -2.47. The van der Waals surface area contributed by atoms with Crippen molar-refractivity contribution < 1.29 is 14.4 Å². The number of nitrogens with one attached hydrogen (secondary N) is 2. The number of benzene rings is 2. The number of carbonyl (C=O) groups excluding carboxylic acids is 3. The van der Waals surface area contributed by atoms with Crippen LogP contribution in [-0.2, 0) is 10.3 Å². The predicted molar refractivity (Wildman–Crippen MR) is 88.1 cm³/mol. The smallest absolute Gasteiger partial charge is 0.318 e. The van der Waals surface area contributed by atoms with Gasteiger partial charge in [-0.25, -0.2) is 4.79 Å². The van der Waals surface area contributed by atoms with Gasteiger partial charge in [-0.05, 0) is 36.8 Å². The van der Waals surface area contributed by atoms with Crippen LogP contribution in [-0.4, -0.2) is 22.9 Å². The van der Waals surface area contributed by atoms with Crippen LogP contribution in [0.1, 0.15) is 22.8 Å². The zero-order chi connectivity index (χ0) is 17.3. The maximum absolute atomic E-state index is 12.7. The maximum Gasteiger partial charge on any atom is 0.344 e. The van der Waals surface area contributed by atoms with E-state index in [1.165, 1.54) is 12.1 Å². The molecule has 1 saturated heterocycles. The summed E-state index contributed by atoms with van der Waals surface area (Å²) in [5.41, 5.74) is 2.01. The molecule has 0 aromatic heterocycles. The Bertz CT molecular complexity index is 808. The van der Waals surface area contributed by atoms with E-state index in [0.29, 0.717) is 15.6 Å². The molecule has 0 bridgehead atoms. The molecule has 2 aromatic carbocycles. The molecule has 0 radical (unpaired) electrons. The first-order valence-electron chi connectivity index (χ1n) is 7.20. The van der Waals surface area contributed by atoms with E-state index < -0.39 is 23.4 Å². The van der Waals surface area contributed by atoms with Gasteiger partial charge in [0.15, 0.2) is 0 Å². The highest BCUT2D eigenvalue weighted by atomic mass is 35.5. The van der Waals surface area contributed by atoms with E-state index in [9.17, 15) is 14.4 Å². The van der Waals surface area contributed by atoms with Crippen LogP contribution in [0.15, 0.2) is 54.6 Å². The summed E-state index contributed by atoms with van der Waals surface area (Å²) in [7, 11) is 0. The van der Waals surface area contributed by atoms with E-state index in [4.69, 9.17) is 11.6 Å². The second-order valence-corrected chi connectivity index (χ2v) is 5.95. The van der Waals surface area contributed by atoms with Gasteiger partial charge in [0.25, 0.3) is 11.8 Å². The third kappa shape index (κ3) is 2.72. The summed E-state index contributed by atoms with van der Waals surface area (Å²) >= 11 is 5.78.